The Labute approximate surface area is 82.1 Å². The molecule has 0 saturated carbocycles. The van der Waals surface area contributed by atoms with Gasteiger partial charge in [0.2, 0.25) is 5.91 Å². The lowest BCUT2D eigenvalue weighted by Crippen LogP contribution is -2.11. The molecule has 0 spiro atoms. The highest BCUT2D eigenvalue weighted by molar-refractivity contribution is 5.73. The average molecular weight is 192 g/mol. The van der Waals surface area contributed by atoms with Gasteiger partial charge in [0.15, 0.2) is 0 Å². The summed E-state index contributed by atoms with van der Waals surface area (Å²) in [6, 6.07) is 8.68. The molecular weight excluding hydrogens is 180 g/mol. The summed E-state index contributed by atoms with van der Waals surface area (Å²) in [5, 5.41) is 2.97. The van der Waals surface area contributed by atoms with Crippen LogP contribution in [0.25, 0.3) is 0 Å². The molecule has 2 N–H and O–H groups in total. The Bertz CT molecular complexity index is 311. The molecule has 1 atom stereocenters. The van der Waals surface area contributed by atoms with Crippen LogP contribution in [0, 0.1) is 4.91 Å². The number of hydrogen-bond acceptors (Lipinski definition) is 3. The summed E-state index contributed by atoms with van der Waals surface area (Å²) in [4.78, 5) is 21.0. The van der Waals surface area contributed by atoms with Gasteiger partial charge in [-0.2, -0.15) is 4.91 Å². The van der Waals surface area contributed by atoms with Crippen LogP contribution < -0.4 is 5.73 Å². The first-order valence-corrected chi connectivity index (χ1v) is 4.39. The molecule has 0 heterocycles. The molecule has 1 aromatic carbocycles. The Kier molecular flexibility index (Phi) is 3.79. The average Bonchev–Trinajstić information content (AvgIpc) is 2.20. The van der Waals surface area contributed by atoms with E-state index in [9.17, 15) is 9.70 Å². The first-order chi connectivity index (χ1) is 6.74. The monoisotopic (exact) mass is 192 g/mol. The van der Waals surface area contributed by atoms with Crippen LogP contribution in [0.4, 0.5) is 0 Å². The third-order valence-electron chi connectivity index (χ3n) is 1.98. The zero-order valence-corrected chi connectivity index (χ0v) is 7.72. The van der Waals surface area contributed by atoms with E-state index in [0.29, 0.717) is 6.42 Å². The number of nitroso groups, excluding NO2 is 1. The molecule has 1 rings (SSSR count). The second-order valence-corrected chi connectivity index (χ2v) is 3.04. The van der Waals surface area contributed by atoms with E-state index >= 15 is 0 Å². The van der Waals surface area contributed by atoms with Gasteiger partial charge in [-0.25, -0.2) is 0 Å². The summed E-state index contributed by atoms with van der Waals surface area (Å²) in [6.45, 7) is 0. The van der Waals surface area contributed by atoms with Crippen molar-refractivity contribution in [1.29, 1.82) is 0 Å². The van der Waals surface area contributed by atoms with Gasteiger partial charge in [0.25, 0.3) is 0 Å². The lowest BCUT2D eigenvalue weighted by molar-refractivity contribution is -0.118. The standard InChI is InChI=1S/C10H12N2O2/c11-10(13)7-6-9(12-14)8-4-2-1-3-5-8/h1-5,9H,6-7H2,(H2,11,13). The van der Waals surface area contributed by atoms with Gasteiger partial charge in [-0.05, 0) is 12.0 Å². The highest BCUT2D eigenvalue weighted by Crippen LogP contribution is 2.21. The van der Waals surface area contributed by atoms with E-state index in [4.69, 9.17) is 5.73 Å². The summed E-state index contributed by atoms with van der Waals surface area (Å²) < 4.78 is 0. The van der Waals surface area contributed by atoms with Crippen LogP contribution >= 0.6 is 0 Å². The van der Waals surface area contributed by atoms with E-state index in [1.54, 1.807) is 0 Å². The van der Waals surface area contributed by atoms with Crippen molar-refractivity contribution in [3.8, 4) is 0 Å². The molecular formula is C10H12N2O2. The Balaban J connectivity index is 2.63. The number of benzene rings is 1. The van der Waals surface area contributed by atoms with E-state index in [1.807, 2.05) is 30.3 Å². The minimum absolute atomic E-state index is 0.186. The maximum absolute atomic E-state index is 10.5. The molecule has 74 valence electrons. The summed E-state index contributed by atoms with van der Waals surface area (Å²) in [7, 11) is 0. The lowest BCUT2D eigenvalue weighted by atomic mass is 10.0. The van der Waals surface area contributed by atoms with Crippen molar-refractivity contribution < 1.29 is 4.79 Å². The fraction of sp³-hybridized carbons (Fsp3) is 0.300. The van der Waals surface area contributed by atoms with Crippen molar-refractivity contribution in [3.63, 3.8) is 0 Å². The fourth-order valence-electron chi connectivity index (χ4n) is 1.23. The minimum Gasteiger partial charge on any atom is -0.370 e. The lowest BCUT2D eigenvalue weighted by Gasteiger charge is -2.06. The molecule has 0 aliphatic carbocycles. The van der Waals surface area contributed by atoms with Gasteiger partial charge in [0.1, 0.15) is 6.04 Å². The molecule has 1 amide bonds. The summed E-state index contributed by atoms with van der Waals surface area (Å²) in [5.74, 6) is -0.408. The number of hydrogen-bond donors (Lipinski definition) is 1. The van der Waals surface area contributed by atoms with Crippen LogP contribution in [0.2, 0.25) is 0 Å². The van der Waals surface area contributed by atoms with Crippen molar-refractivity contribution in [2.24, 2.45) is 10.9 Å². The van der Waals surface area contributed by atoms with E-state index in [-0.39, 0.29) is 6.42 Å². The van der Waals surface area contributed by atoms with Gasteiger partial charge in [-0.1, -0.05) is 35.5 Å². The molecule has 1 aromatic rings. The molecule has 1 unspecified atom stereocenters. The van der Waals surface area contributed by atoms with Gasteiger partial charge in [0.05, 0.1) is 0 Å². The Hall–Kier alpha value is -1.71. The van der Waals surface area contributed by atoms with Crippen LogP contribution in [0.3, 0.4) is 0 Å². The molecule has 0 aromatic heterocycles. The van der Waals surface area contributed by atoms with Crippen LogP contribution in [-0.4, -0.2) is 5.91 Å². The highest BCUT2D eigenvalue weighted by atomic mass is 16.3. The van der Waals surface area contributed by atoms with Gasteiger partial charge in [-0.15, -0.1) is 0 Å². The molecule has 4 heteroatoms. The molecule has 0 bridgehead atoms. The van der Waals surface area contributed by atoms with Crippen LogP contribution in [-0.2, 0) is 4.79 Å². The molecule has 14 heavy (non-hydrogen) atoms. The number of nitrogens with zero attached hydrogens (tertiary/aromatic N) is 1. The van der Waals surface area contributed by atoms with E-state index in [0.717, 1.165) is 5.56 Å². The maximum atomic E-state index is 10.5. The number of rotatable bonds is 5. The molecule has 0 aliphatic heterocycles. The highest BCUT2D eigenvalue weighted by Gasteiger charge is 2.11. The van der Waals surface area contributed by atoms with Gasteiger partial charge in [0, 0.05) is 6.42 Å². The molecule has 0 fully saturated rings. The first kappa shape index (κ1) is 10.4. The third-order valence-corrected chi connectivity index (χ3v) is 1.98. The second-order valence-electron chi connectivity index (χ2n) is 3.04. The topological polar surface area (TPSA) is 72.5 Å². The van der Waals surface area contributed by atoms with Crippen molar-refractivity contribution in [1.82, 2.24) is 0 Å². The van der Waals surface area contributed by atoms with Gasteiger partial charge >= 0.3 is 0 Å². The molecule has 0 radical (unpaired) electrons. The van der Waals surface area contributed by atoms with Gasteiger partial charge in [-0.3, -0.25) is 4.79 Å². The number of primary amides is 1. The Morgan fingerprint density at radius 3 is 2.50 bits per heavy atom. The number of nitrogens with two attached hydrogens (primary N) is 1. The summed E-state index contributed by atoms with van der Waals surface area (Å²) in [5.41, 5.74) is 5.81. The van der Waals surface area contributed by atoms with E-state index < -0.39 is 11.9 Å². The van der Waals surface area contributed by atoms with Crippen molar-refractivity contribution in [2.75, 3.05) is 0 Å². The SMILES string of the molecule is NC(=O)CCC(N=O)c1ccccc1. The Morgan fingerprint density at radius 2 is 2.00 bits per heavy atom. The first-order valence-electron chi connectivity index (χ1n) is 4.39. The van der Waals surface area contributed by atoms with Crippen molar-refractivity contribution in [3.05, 3.63) is 40.8 Å². The van der Waals surface area contributed by atoms with Crippen molar-refractivity contribution >= 4 is 5.91 Å². The second kappa shape index (κ2) is 5.11. The Morgan fingerprint density at radius 1 is 1.36 bits per heavy atom. The zero-order valence-electron chi connectivity index (χ0n) is 7.72. The van der Waals surface area contributed by atoms with E-state index in [1.165, 1.54) is 0 Å². The smallest absolute Gasteiger partial charge is 0.217 e. The van der Waals surface area contributed by atoms with Crippen LogP contribution in [0.15, 0.2) is 35.5 Å². The van der Waals surface area contributed by atoms with Crippen LogP contribution in [0.5, 0.6) is 0 Å². The largest absolute Gasteiger partial charge is 0.370 e. The van der Waals surface area contributed by atoms with Gasteiger partial charge < -0.3 is 5.73 Å². The quantitative estimate of drug-likeness (QED) is 0.722. The number of carbonyl (C=O) groups excluding carboxylic acids is 1. The number of carbonyl (C=O) groups is 1. The van der Waals surface area contributed by atoms with Crippen LogP contribution in [0.1, 0.15) is 24.4 Å². The predicted octanol–water partition coefficient (Wildman–Crippen LogP) is 1.76. The molecule has 4 nitrogen and oxygen atoms in total. The molecule has 0 saturated heterocycles. The molecule has 0 aliphatic rings. The number of amides is 1. The zero-order chi connectivity index (χ0) is 10.4. The summed E-state index contributed by atoms with van der Waals surface area (Å²) in [6.07, 6.45) is 0.564. The minimum atomic E-state index is -0.469. The maximum Gasteiger partial charge on any atom is 0.217 e. The van der Waals surface area contributed by atoms with Crippen molar-refractivity contribution in [2.45, 2.75) is 18.9 Å². The fourth-order valence-corrected chi connectivity index (χ4v) is 1.23. The van der Waals surface area contributed by atoms with E-state index in [2.05, 4.69) is 5.18 Å². The predicted molar refractivity (Wildman–Crippen MR) is 53.4 cm³/mol. The normalized spacial score (nSPS) is 12.0. The third kappa shape index (κ3) is 2.97. The summed E-state index contributed by atoms with van der Waals surface area (Å²) >= 11 is 0.